The lowest BCUT2D eigenvalue weighted by atomic mass is 10.3. The maximum Gasteiger partial charge on any atom is 0.454 e. The molecule has 0 aromatic rings. The van der Waals surface area contributed by atoms with Gasteiger partial charge in [0.15, 0.2) is 0 Å². The van der Waals surface area contributed by atoms with Crippen LogP contribution in [0.25, 0.3) is 10.4 Å². The normalized spacial score (nSPS) is 12.2. The summed E-state index contributed by atoms with van der Waals surface area (Å²) in [5, 5.41) is 3.03. The molecule has 0 aromatic heterocycles. The monoisotopic (exact) mass is 237 g/mol. The van der Waals surface area contributed by atoms with Crippen molar-refractivity contribution in [3.05, 3.63) is 22.3 Å². The van der Waals surface area contributed by atoms with Gasteiger partial charge in [-0.1, -0.05) is 5.11 Å². The van der Waals surface area contributed by atoms with Crippen molar-refractivity contribution in [1.82, 2.24) is 0 Å². The fraction of sp³-hybridized carbons (Fsp3) is 0.625. The van der Waals surface area contributed by atoms with Crippen molar-refractivity contribution >= 4 is 5.78 Å². The minimum atomic E-state index is -4.96. The van der Waals surface area contributed by atoms with E-state index in [1.165, 1.54) is 0 Å². The molecule has 0 spiro atoms. The highest BCUT2D eigenvalue weighted by atomic mass is 19.4. The molecule has 0 rings (SSSR count). The van der Waals surface area contributed by atoms with E-state index in [1.807, 2.05) is 0 Å². The number of rotatable bonds is 5. The number of carbonyl (C=O) groups is 1. The third-order valence-corrected chi connectivity index (χ3v) is 1.25. The minimum absolute atomic E-state index is 0.286. The van der Waals surface area contributed by atoms with Gasteiger partial charge in [0.2, 0.25) is 0 Å². The second kappa shape index (κ2) is 6.02. The second-order valence-corrected chi connectivity index (χ2v) is 3.03. The van der Waals surface area contributed by atoms with Crippen molar-refractivity contribution in [2.24, 2.45) is 5.11 Å². The van der Waals surface area contributed by atoms with E-state index < -0.39 is 24.6 Å². The minimum Gasteiger partial charge on any atom is -0.495 e. The van der Waals surface area contributed by atoms with Crippen LogP contribution in [0.2, 0.25) is 0 Å². The Bertz CT molecular complexity index is 330. The molecule has 0 fully saturated rings. The zero-order chi connectivity index (χ0) is 12.8. The molecule has 0 aliphatic carbocycles. The number of allylic oxidation sites excluding steroid dienone is 1. The smallest absolute Gasteiger partial charge is 0.454 e. The third kappa shape index (κ3) is 5.92. The molecule has 0 aliphatic heterocycles. The van der Waals surface area contributed by atoms with E-state index in [9.17, 15) is 18.0 Å². The van der Waals surface area contributed by atoms with Crippen LogP contribution >= 0.6 is 0 Å². The Hall–Kier alpha value is -1.69. The molecule has 0 atom stereocenters. The van der Waals surface area contributed by atoms with Gasteiger partial charge in [-0.3, -0.25) is 4.79 Å². The molecule has 0 N–H and O–H groups in total. The molecule has 90 valence electrons. The van der Waals surface area contributed by atoms with Gasteiger partial charge in [0, 0.05) is 11.0 Å². The molecule has 0 aliphatic rings. The van der Waals surface area contributed by atoms with Crippen LogP contribution in [0.15, 0.2) is 16.9 Å². The molecular formula is C8H10F3N3O2. The first kappa shape index (κ1) is 14.3. The van der Waals surface area contributed by atoms with E-state index >= 15 is 0 Å². The van der Waals surface area contributed by atoms with Crippen molar-refractivity contribution in [3.63, 3.8) is 0 Å². The average molecular weight is 237 g/mol. The van der Waals surface area contributed by atoms with Gasteiger partial charge in [-0.05, 0) is 19.4 Å². The van der Waals surface area contributed by atoms with Crippen LogP contribution < -0.4 is 0 Å². The summed E-state index contributed by atoms with van der Waals surface area (Å²) in [6, 6.07) is 0. The van der Waals surface area contributed by atoms with E-state index in [0.29, 0.717) is 0 Å². The molecule has 5 nitrogen and oxygen atoms in total. The maximum absolute atomic E-state index is 11.9. The number of alkyl halides is 3. The zero-order valence-corrected chi connectivity index (χ0v) is 8.65. The number of carbonyl (C=O) groups excluding carboxylic acids is 1. The van der Waals surface area contributed by atoms with Crippen LogP contribution in [0.1, 0.15) is 13.8 Å². The first-order valence-electron chi connectivity index (χ1n) is 4.26. The van der Waals surface area contributed by atoms with Gasteiger partial charge in [-0.15, -0.1) is 0 Å². The highest BCUT2D eigenvalue weighted by molar-refractivity contribution is 5.94. The van der Waals surface area contributed by atoms with Gasteiger partial charge in [0.1, 0.15) is 5.76 Å². The molecule has 0 saturated heterocycles. The lowest BCUT2D eigenvalue weighted by molar-refractivity contribution is -0.165. The highest BCUT2D eigenvalue weighted by Gasteiger charge is 2.37. The van der Waals surface area contributed by atoms with Crippen LogP contribution in [0.4, 0.5) is 13.2 Å². The molecule has 0 bridgehead atoms. The Morgan fingerprint density at radius 2 is 2.12 bits per heavy atom. The largest absolute Gasteiger partial charge is 0.495 e. The van der Waals surface area contributed by atoms with E-state index in [1.54, 1.807) is 13.8 Å². The molecule has 0 heterocycles. The molecule has 0 aromatic carbocycles. The first-order chi connectivity index (χ1) is 7.27. The Balaban J connectivity index is 4.80. The van der Waals surface area contributed by atoms with Crippen LogP contribution in [-0.4, -0.2) is 24.6 Å². The molecular weight excluding hydrogens is 227 g/mol. The number of ether oxygens (including phenoxy) is 1. The van der Waals surface area contributed by atoms with Crippen LogP contribution in [-0.2, 0) is 9.53 Å². The summed E-state index contributed by atoms with van der Waals surface area (Å²) in [5.41, 5.74) is 8.01. The number of halogens is 3. The summed E-state index contributed by atoms with van der Waals surface area (Å²) >= 11 is 0. The molecule has 16 heavy (non-hydrogen) atoms. The molecule has 0 saturated carbocycles. The molecule has 0 unspecified atom stereocenters. The number of nitrogens with zero attached hydrogens (tertiary/aromatic N) is 3. The SMILES string of the molecule is CC(C)O/C(=C\C(=O)C(F)(F)F)CN=[N+]=[N-]. The van der Waals surface area contributed by atoms with Gasteiger partial charge in [0.05, 0.1) is 12.6 Å². The predicted molar refractivity (Wildman–Crippen MR) is 49.4 cm³/mol. The standard InChI is InChI=1S/C8H10F3N3O2/c1-5(2)16-6(4-13-14-12)3-7(15)8(9,10)11/h3,5H,4H2,1-2H3/b6-3-. The lowest BCUT2D eigenvalue weighted by Gasteiger charge is -2.12. The van der Waals surface area contributed by atoms with Gasteiger partial charge in [-0.2, -0.15) is 13.2 Å². The maximum atomic E-state index is 11.9. The molecule has 0 amide bonds. The number of azide groups is 1. The number of hydrogen-bond acceptors (Lipinski definition) is 3. The van der Waals surface area contributed by atoms with Gasteiger partial charge < -0.3 is 4.74 Å². The van der Waals surface area contributed by atoms with Gasteiger partial charge in [0.25, 0.3) is 5.78 Å². The second-order valence-electron chi connectivity index (χ2n) is 3.03. The Labute approximate surface area is 89.5 Å². The predicted octanol–water partition coefficient (Wildman–Crippen LogP) is 2.74. The first-order valence-corrected chi connectivity index (χ1v) is 4.26. The third-order valence-electron chi connectivity index (χ3n) is 1.25. The zero-order valence-electron chi connectivity index (χ0n) is 8.65. The van der Waals surface area contributed by atoms with Gasteiger partial charge >= 0.3 is 6.18 Å². The summed E-state index contributed by atoms with van der Waals surface area (Å²) in [6.07, 6.45) is -5.09. The van der Waals surface area contributed by atoms with Crippen molar-refractivity contribution in [2.45, 2.75) is 26.1 Å². The quantitative estimate of drug-likeness (QED) is 0.242. The fourth-order valence-electron chi connectivity index (χ4n) is 0.749. The Morgan fingerprint density at radius 1 is 1.56 bits per heavy atom. The van der Waals surface area contributed by atoms with Crippen LogP contribution in [0.3, 0.4) is 0 Å². The summed E-state index contributed by atoms with van der Waals surface area (Å²) in [6.45, 7) is 2.71. The number of ketones is 1. The van der Waals surface area contributed by atoms with Crippen molar-refractivity contribution in [2.75, 3.05) is 6.54 Å². The van der Waals surface area contributed by atoms with Crippen LogP contribution in [0, 0.1) is 0 Å². The van der Waals surface area contributed by atoms with Crippen molar-refractivity contribution in [3.8, 4) is 0 Å². The van der Waals surface area contributed by atoms with Crippen LogP contribution in [0.5, 0.6) is 0 Å². The summed E-state index contributed by atoms with van der Waals surface area (Å²) in [7, 11) is 0. The summed E-state index contributed by atoms with van der Waals surface area (Å²) in [4.78, 5) is 13.0. The van der Waals surface area contributed by atoms with E-state index in [-0.39, 0.29) is 11.8 Å². The van der Waals surface area contributed by atoms with E-state index in [4.69, 9.17) is 10.3 Å². The summed E-state index contributed by atoms with van der Waals surface area (Å²) < 4.78 is 40.6. The lowest BCUT2D eigenvalue weighted by Crippen LogP contribution is -2.21. The molecule has 8 heteroatoms. The molecule has 0 radical (unpaired) electrons. The Kier molecular flexibility index (Phi) is 5.38. The average Bonchev–Trinajstić information content (AvgIpc) is 2.11. The van der Waals surface area contributed by atoms with Crippen molar-refractivity contribution < 1.29 is 22.7 Å². The Morgan fingerprint density at radius 3 is 2.50 bits per heavy atom. The summed E-state index contributed by atoms with van der Waals surface area (Å²) in [5.74, 6) is -2.36. The highest BCUT2D eigenvalue weighted by Crippen LogP contribution is 2.18. The van der Waals surface area contributed by atoms with E-state index in [2.05, 4.69) is 10.0 Å². The van der Waals surface area contributed by atoms with Gasteiger partial charge in [-0.25, -0.2) is 0 Å². The number of hydrogen-bond donors (Lipinski definition) is 0. The topological polar surface area (TPSA) is 75.1 Å². The van der Waals surface area contributed by atoms with Crippen molar-refractivity contribution in [1.29, 1.82) is 0 Å². The van der Waals surface area contributed by atoms with E-state index in [0.717, 1.165) is 0 Å². The fourth-order valence-corrected chi connectivity index (χ4v) is 0.749.